The van der Waals surface area contributed by atoms with Gasteiger partial charge in [0, 0.05) is 48.9 Å². The van der Waals surface area contributed by atoms with Crippen molar-refractivity contribution in [3.05, 3.63) is 41.9 Å². The average molecular weight is 476 g/mol. The second-order valence-corrected chi connectivity index (χ2v) is 9.40. The summed E-state index contributed by atoms with van der Waals surface area (Å²) in [6.45, 7) is 3.47. The molecule has 3 aromatic heterocycles. The van der Waals surface area contributed by atoms with Crippen molar-refractivity contribution in [2.24, 2.45) is 11.8 Å². The van der Waals surface area contributed by atoms with Gasteiger partial charge in [-0.25, -0.2) is 4.98 Å². The molecule has 3 aromatic rings. The van der Waals surface area contributed by atoms with Crippen LogP contribution in [0.1, 0.15) is 48.2 Å². The number of fused-ring (bicyclic) bond motifs is 1. The maximum Gasteiger partial charge on any atom is 0.319 e. The Bertz CT molecular complexity index is 1250. The Morgan fingerprint density at radius 2 is 2.23 bits per heavy atom. The Morgan fingerprint density at radius 3 is 2.97 bits per heavy atom. The molecule has 1 saturated heterocycles. The molecule has 4 heterocycles. The molecule has 2 fully saturated rings. The highest BCUT2D eigenvalue weighted by Crippen LogP contribution is 2.38. The van der Waals surface area contributed by atoms with Crippen molar-refractivity contribution in [1.82, 2.24) is 25.3 Å². The van der Waals surface area contributed by atoms with E-state index in [-0.39, 0.29) is 36.1 Å². The second kappa shape index (κ2) is 9.88. The van der Waals surface area contributed by atoms with Gasteiger partial charge >= 0.3 is 6.01 Å². The summed E-state index contributed by atoms with van der Waals surface area (Å²) >= 11 is 0. The van der Waals surface area contributed by atoms with E-state index < -0.39 is 6.04 Å². The van der Waals surface area contributed by atoms with Gasteiger partial charge in [0.25, 0.3) is 5.91 Å². The fourth-order valence-electron chi connectivity index (χ4n) is 4.61. The van der Waals surface area contributed by atoms with E-state index in [1.165, 1.54) is 5.56 Å². The molecular weight excluding hydrogens is 446 g/mol. The Labute approximate surface area is 203 Å². The number of hydrogen-bond acceptors (Lipinski definition) is 8. The molecule has 1 saturated carbocycles. The van der Waals surface area contributed by atoms with Crippen molar-refractivity contribution in [3.8, 4) is 12.1 Å². The smallest absolute Gasteiger partial charge is 0.319 e. The number of amides is 1. The van der Waals surface area contributed by atoms with Crippen LogP contribution in [0.15, 0.2) is 30.6 Å². The number of hydrogen-bond donors (Lipinski definition) is 3. The summed E-state index contributed by atoms with van der Waals surface area (Å²) in [5.41, 5.74) is 2.39. The minimum atomic E-state index is -0.394. The van der Waals surface area contributed by atoms with Gasteiger partial charge in [-0.2, -0.15) is 15.2 Å². The van der Waals surface area contributed by atoms with E-state index in [1.54, 1.807) is 19.2 Å². The molecule has 3 atom stereocenters. The summed E-state index contributed by atoms with van der Waals surface area (Å²) in [5, 5.41) is 22.2. The van der Waals surface area contributed by atoms with Crippen molar-refractivity contribution in [3.63, 3.8) is 0 Å². The SMILES string of the molecule is C[C@H](CO)NC(=O)c1cc(N2CCC(c3c[nH]c4ncccc34)CC2)nc(OC[C@H]2C[C@H]2C#N)n1. The normalized spacial score (nSPS) is 20.9. The molecule has 2 aliphatic rings. The molecule has 0 aromatic carbocycles. The molecule has 1 aliphatic carbocycles. The number of aliphatic hydroxyl groups is 1. The number of aliphatic hydroxyl groups excluding tert-OH is 1. The van der Waals surface area contributed by atoms with Crippen LogP contribution < -0.4 is 15.0 Å². The van der Waals surface area contributed by atoms with Gasteiger partial charge in [0.2, 0.25) is 0 Å². The molecule has 10 heteroatoms. The summed E-state index contributed by atoms with van der Waals surface area (Å²) in [4.78, 5) is 31.5. The molecule has 182 valence electrons. The molecule has 1 aliphatic heterocycles. The van der Waals surface area contributed by atoms with E-state index in [9.17, 15) is 9.90 Å². The molecule has 10 nitrogen and oxygen atoms in total. The number of piperidine rings is 1. The number of H-pyrrole nitrogens is 1. The number of carbonyl (C=O) groups excluding carboxylic acids is 1. The number of ether oxygens (including phenoxy) is 1. The van der Waals surface area contributed by atoms with Crippen LogP contribution in [0.25, 0.3) is 11.0 Å². The van der Waals surface area contributed by atoms with Crippen molar-refractivity contribution in [1.29, 1.82) is 5.26 Å². The van der Waals surface area contributed by atoms with Crippen LogP contribution in [-0.4, -0.2) is 63.3 Å². The zero-order chi connectivity index (χ0) is 24.4. The molecule has 5 rings (SSSR count). The molecular formula is C25H29N7O3. The quantitative estimate of drug-likeness (QED) is 0.451. The fourth-order valence-corrected chi connectivity index (χ4v) is 4.61. The zero-order valence-corrected chi connectivity index (χ0v) is 19.6. The van der Waals surface area contributed by atoms with Gasteiger partial charge in [-0.3, -0.25) is 4.79 Å². The Balaban J connectivity index is 1.32. The third kappa shape index (κ3) is 5.05. The van der Waals surface area contributed by atoms with Gasteiger partial charge in [0.05, 0.1) is 25.2 Å². The number of rotatable bonds is 8. The van der Waals surface area contributed by atoms with Crippen LogP contribution in [0.5, 0.6) is 6.01 Å². The van der Waals surface area contributed by atoms with Crippen molar-refractivity contribution in [2.75, 3.05) is 31.2 Å². The van der Waals surface area contributed by atoms with E-state index in [0.29, 0.717) is 18.3 Å². The second-order valence-electron chi connectivity index (χ2n) is 9.40. The molecule has 35 heavy (non-hydrogen) atoms. The zero-order valence-electron chi connectivity index (χ0n) is 19.6. The standard InChI is InChI=1S/C25H29N7O3/c1-15(13-33)29-24(34)21-10-22(31-25(30-21)35-14-18-9-17(18)11-26)32-7-4-16(5-8-32)20-12-28-23-19(20)3-2-6-27-23/h2-3,6,10,12,15-18,33H,4-5,7-9,13-14H2,1H3,(H,27,28)(H,29,34)/t15-,17+,18-/m1/s1. The van der Waals surface area contributed by atoms with Gasteiger partial charge in [0.15, 0.2) is 0 Å². The van der Waals surface area contributed by atoms with Gasteiger partial charge in [-0.05, 0) is 49.8 Å². The van der Waals surface area contributed by atoms with Crippen LogP contribution in [0, 0.1) is 23.2 Å². The number of anilines is 1. The first-order valence-electron chi connectivity index (χ1n) is 12.1. The Morgan fingerprint density at radius 1 is 1.40 bits per heavy atom. The van der Waals surface area contributed by atoms with Crippen molar-refractivity contribution < 1.29 is 14.6 Å². The number of nitriles is 1. The molecule has 1 amide bonds. The maximum atomic E-state index is 12.7. The Hall–Kier alpha value is -3.71. The fraction of sp³-hybridized carbons (Fsp3) is 0.480. The summed E-state index contributed by atoms with van der Waals surface area (Å²) in [5.74, 6) is 0.865. The third-order valence-electron chi connectivity index (χ3n) is 6.83. The molecule has 0 bridgehead atoms. The van der Waals surface area contributed by atoms with Crippen molar-refractivity contribution in [2.45, 2.75) is 38.1 Å². The minimum absolute atomic E-state index is 0.0186. The predicted molar refractivity (Wildman–Crippen MR) is 129 cm³/mol. The minimum Gasteiger partial charge on any atom is -0.463 e. The maximum absolute atomic E-state index is 12.7. The molecule has 0 spiro atoms. The average Bonchev–Trinajstić information content (AvgIpc) is 3.54. The van der Waals surface area contributed by atoms with Crippen LogP contribution >= 0.6 is 0 Å². The Kier molecular flexibility index (Phi) is 6.51. The van der Waals surface area contributed by atoms with E-state index in [0.717, 1.165) is 43.4 Å². The van der Waals surface area contributed by atoms with Crippen LogP contribution in [0.2, 0.25) is 0 Å². The molecule has 3 N–H and O–H groups in total. The lowest BCUT2D eigenvalue weighted by Crippen LogP contribution is -2.36. The topological polar surface area (TPSA) is 140 Å². The molecule has 0 unspecified atom stereocenters. The number of carbonyl (C=O) groups is 1. The highest BCUT2D eigenvalue weighted by molar-refractivity contribution is 5.93. The monoisotopic (exact) mass is 475 g/mol. The number of aromatic amines is 1. The van der Waals surface area contributed by atoms with Gasteiger partial charge < -0.3 is 25.0 Å². The van der Waals surface area contributed by atoms with E-state index in [1.807, 2.05) is 6.07 Å². The van der Waals surface area contributed by atoms with E-state index in [2.05, 4.69) is 48.5 Å². The van der Waals surface area contributed by atoms with Gasteiger partial charge in [0.1, 0.15) is 17.2 Å². The van der Waals surface area contributed by atoms with Crippen LogP contribution in [-0.2, 0) is 0 Å². The van der Waals surface area contributed by atoms with Gasteiger partial charge in [-0.1, -0.05) is 0 Å². The van der Waals surface area contributed by atoms with Crippen LogP contribution in [0.4, 0.5) is 5.82 Å². The lowest BCUT2D eigenvalue weighted by atomic mass is 9.89. The first-order valence-corrected chi connectivity index (χ1v) is 12.1. The van der Waals surface area contributed by atoms with Gasteiger partial charge in [-0.15, -0.1) is 0 Å². The third-order valence-corrected chi connectivity index (χ3v) is 6.83. The lowest BCUT2D eigenvalue weighted by Gasteiger charge is -2.33. The van der Waals surface area contributed by atoms with E-state index >= 15 is 0 Å². The summed E-state index contributed by atoms with van der Waals surface area (Å²) < 4.78 is 5.80. The van der Waals surface area contributed by atoms with Crippen molar-refractivity contribution >= 4 is 22.8 Å². The first kappa shape index (κ1) is 23.1. The first-order chi connectivity index (χ1) is 17.1. The van der Waals surface area contributed by atoms with E-state index in [4.69, 9.17) is 10.00 Å². The highest BCUT2D eigenvalue weighted by atomic mass is 16.5. The largest absolute Gasteiger partial charge is 0.463 e. The summed E-state index contributed by atoms with van der Waals surface area (Å²) in [6.07, 6.45) is 6.55. The summed E-state index contributed by atoms with van der Waals surface area (Å²) in [6, 6.07) is 7.73. The number of pyridine rings is 1. The number of aromatic nitrogens is 4. The summed E-state index contributed by atoms with van der Waals surface area (Å²) in [7, 11) is 0. The molecule has 0 radical (unpaired) electrons. The number of nitrogens with zero attached hydrogens (tertiary/aromatic N) is 5. The number of nitrogens with one attached hydrogen (secondary N) is 2. The van der Waals surface area contributed by atoms with Crippen LogP contribution in [0.3, 0.4) is 0 Å². The highest BCUT2D eigenvalue weighted by Gasteiger charge is 2.38. The predicted octanol–water partition coefficient (Wildman–Crippen LogP) is 2.39. The lowest BCUT2D eigenvalue weighted by molar-refractivity contribution is 0.0915.